The summed E-state index contributed by atoms with van der Waals surface area (Å²) >= 11 is 1.76. The van der Waals surface area contributed by atoms with E-state index in [2.05, 4.69) is 33.1 Å². The Labute approximate surface area is 139 Å². The topological polar surface area (TPSA) is 60.2 Å². The first kappa shape index (κ1) is 14.8. The van der Waals surface area contributed by atoms with Gasteiger partial charge < -0.3 is 14.2 Å². The maximum absolute atomic E-state index is 12.7. The van der Waals surface area contributed by atoms with Gasteiger partial charge in [-0.3, -0.25) is 4.79 Å². The molecule has 4 heterocycles. The Morgan fingerprint density at radius 2 is 2.35 bits per heavy atom. The Balaban J connectivity index is 1.45. The fraction of sp³-hybridized carbons (Fsp3) is 0.562. The van der Waals surface area contributed by atoms with Crippen LogP contribution in [0.5, 0.6) is 0 Å². The molecular weight excluding hydrogens is 312 g/mol. The number of thiophene rings is 1. The maximum atomic E-state index is 12.7. The van der Waals surface area contributed by atoms with Gasteiger partial charge >= 0.3 is 0 Å². The van der Waals surface area contributed by atoms with Crippen molar-refractivity contribution in [2.24, 2.45) is 0 Å². The number of amides is 1. The molecule has 2 aromatic rings. The number of nitrogens with zero attached hydrogens (tertiary/aromatic N) is 4. The van der Waals surface area contributed by atoms with E-state index in [1.54, 1.807) is 11.3 Å². The van der Waals surface area contributed by atoms with E-state index in [-0.39, 0.29) is 12.0 Å². The predicted molar refractivity (Wildman–Crippen MR) is 86.2 cm³/mol. The number of carbonyl (C=O) groups is 1. The summed E-state index contributed by atoms with van der Waals surface area (Å²) in [7, 11) is 0. The minimum Gasteiger partial charge on any atom is -0.373 e. The van der Waals surface area contributed by atoms with Crippen LogP contribution >= 0.6 is 11.3 Å². The smallest absolute Gasteiger partial charge is 0.226 e. The van der Waals surface area contributed by atoms with Gasteiger partial charge in [0.1, 0.15) is 5.82 Å². The molecular formula is C16H20N4O2S. The van der Waals surface area contributed by atoms with Crippen LogP contribution in [0.1, 0.15) is 41.5 Å². The van der Waals surface area contributed by atoms with Crippen LogP contribution in [-0.2, 0) is 35.5 Å². The summed E-state index contributed by atoms with van der Waals surface area (Å²) in [5.41, 5.74) is 1.20. The summed E-state index contributed by atoms with van der Waals surface area (Å²) in [5.74, 6) is 2.04. The highest BCUT2D eigenvalue weighted by atomic mass is 32.1. The summed E-state index contributed by atoms with van der Waals surface area (Å²) in [6.45, 7) is 4.84. The molecule has 6 nitrogen and oxygen atoms in total. The lowest BCUT2D eigenvalue weighted by atomic mass is 10.0. The van der Waals surface area contributed by atoms with E-state index in [1.807, 2.05) is 4.90 Å². The van der Waals surface area contributed by atoms with Crippen molar-refractivity contribution in [2.45, 2.75) is 45.4 Å². The first-order chi connectivity index (χ1) is 11.3. The van der Waals surface area contributed by atoms with E-state index in [0.29, 0.717) is 19.6 Å². The largest absolute Gasteiger partial charge is 0.373 e. The molecule has 7 heteroatoms. The number of hydrogen-bond donors (Lipinski definition) is 0. The molecule has 0 N–H and O–H groups in total. The number of rotatable bonds is 3. The average molecular weight is 332 g/mol. The zero-order chi connectivity index (χ0) is 15.8. The molecule has 2 aromatic heterocycles. The number of aromatic nitrogens is 3. The number of ether oxygens (including phenoxy) is 1. The second-order valence-electron chi connectivity index (χ2n) is 5.97. The van der Waals surface area contributed by atoms with Crippen LogP contribution in [0.15, 0.2) is 11.4 Å². The van der Waals surface area contributed by atoms with Crippen molar-refractivity contribution in [3.05, 3.63) is 33.5 Å². The van der Waals surface area contributed by atoms with Crippen LogP contribution in [0.25, 0.3) is 0 Å². The van der Waals surface area contributed by atoms with Crippen molar-refractivity contribution in [3.8, 4) is 0 Å². The third kappa shape index (κ3) is 2.68. The monoisotopic (exact) mass is 332 g/mol. The highest BCUT2D eigenvalue weighted by Gasteiger charge is 2.29. The lowest BCUT2D eigenvalue weighted by molar-refractivity contribution is -0.136. The quantitative estimate of drug-likeness (QED) is 0.862. The zero-order valence-electron chi connectivity index (χ0n) is 13.2. The van der Waals surface area contributed by atoms with Gasteiger partial charge in [0.15, 0.2) is 5.82 Å². The second-order valence-corrected chi connectivity index (χ2v) is 6.97. The Bertz CT molecular complexity index is 723. The molecule has 0 aromatic carbocycles. The molecule has 122 valence electrons. The molecule has 2 aliphatic heterocycles. The number of carbonyl (C=O) groups excluding carboxylic acids is 1. The highest BCUT2D eigenvalue weighted by molar-refractivity contribution is 7.10. The minimum absolute atomic E-state index is 0.0940. The van der Waals surface area contributed by atoms with Gasteiger partial charge in [-0.15, -0.1) is 21.5 Å². The lowest BCUT2D eigenvalue weighted by Crippen LogP contribution is -2.39. The van der Waals surface area contributed by atoms with Gasteiger partial charge in [-0.2, -0.15) is 0 Å². The van der Waals surface area contributed by atoms with E-state index >= 15 is 0 Å². The van der Waals surface area contributed by atoms with E-state index in [0.717, 1.165) is 37.6 Å². The van der Waals surface area contributed by atoms with Crippen LogP contribution in [0, 0.1) is 0 Å². The zero-order valence-corrected chi connectivity index (χ0v) is 14.0. The first-order valence-electron chi connectivity index (χ1n) is 8.13. The van der Waals surface area contributed by atoms with Crippen LogP contribution in [0.4, 0.5) is 0 Å². The van der Waals surface area contributed by atoms with Gasteiger partial charge in [-0.1, -0.05) is 6.92 Å². The fourth-order valence-electron chi connectivity index (χ4n) is 3.37. The van der Waals surface area contributed by atoms with E-state index in [4.69, 9.17) is 4.74 Å². The molecule has 0 bridgehead atoms. The molecule has 1 amide bonds. The van der Waals surface area contributed by atoms with Crippen molar-refractivity contribution in [3.63, 3.8) is 0 Å². The van der Waals surface area contributed by atoms with Crippen LogP contribution in [-0.4, -0.2) is 38.7 Å². The normalized spacial score (nSPS) is 20.2. The molecule has 0 spiro atoms. The van der Waals surface area contributed by atoms with Crippen molar-refractivity contribution >= 4 is 17.2 Å². The van der Waals surface area contributed by atoms with Crippen molar-refractivity contribution in [2.75, 3.05) is 13.2 Å². The molecule has 0 radical (unpaired) electrons. The standard InChI is InChI=1S/C16H20N4O2S/c1-2-14-17-18-15-10-19(5-6-20(14)15)16(21)9-12-11-4-8-23-13(11)3-7-22-12/h4,8,12H,2-3,5-7,9-10H2,1H3. The number of aryl methyl sites for hydroxylation is 1. The molecule has 0 fully saturated rings. The molecule has 0 saturated heterocycles. The number of hydrogen-bond acceptors (Lipinski definition) is 5. The SMILES string of the molecule is CCc1nnc2n1CCN(C(=O)CC1OCCc3sccc31)C2. The third-order valence-corrected chi connectivity index (χ3v) is 5.63. The molecule has 23 heavy (non-hydrogen) atoms. The summed E-state index contributed by atoms with van der Waals surface area (Å²) in [5, 5.41) is 10.5. The van der Waals surface area contributed by atoms with Crippen LogP contribution in [0.2, 0.25) is 0 Å². The molecule has 2 aliphatic rings. The first-order valence-corrected chi connectivity index (χ1v) is 9.00. The van der Waals surface area contributed by atoms with Gasteiger partial charge in [0.05, 0.1) is 25.7 Å². The number of fused-ring (bicyclic) bond motifs is 2. The van der Waals surface area contributed by atoms with E-state index in [9.17, 15) is 4.79 Å². The van der Waals surface area contributed by atoms with Crippen LogP contribution in [0.3, 0.4) is 0 Å². The summed E-state index contributed by atoms with van der Waals surface area (Å²) in [4.78, 5) is 15.9. The van der Waals surface area contributed by atoms with E-state index < -0.39 is 0 Å². The third-order valence-electron chi connectivity index (χ3n) is 4.63. The molecule has 0 aliphatic carbocycles. The Hall–Kier alpha value is -1.73. The lowest BCUT2D eigenvalue weighted by Gasteiger charge is -2.30. The van der Waals surface area contributed by atoms with Gasteiger partial charge in [0.25, 0.3) is 0 Å². The highest BCUT2D eigenvalue weighted by Crippen LogP contribution is 2.33. The van der Waals surface area contributed by atoms with Crippen molar-refractivity contribution in [1.29, 1.82) is 0 Å². The molecule has 4 rings (SSSR count). The fourth-order valence-corrected chi connectivity index (χ4v) is 4.29. The van der Waals surface area contributed by atoms with Gasteiger partial charge in [-0.05, 0) is 17.0 Å². The van der Waals surface area contributed by atoms with Crippen molar-refractivity contribution < 1.29 is 9.53 Å². The van der Waals surface area contributed by atoms with Gasteiger partial charge in [0, 0.05) is 30.8 Å². The Morgan fingerprint density at radius 1 is 1.43 bits per heavy atom. The maximum Gasteiger partial charge on any atom is 0.226 e. The average Bonchev–Trinajstić information content (AvgIpc) is 3.21. The van der Waals surface area contributed by atoms with Crippen LogP contribution < -0.4 is 0 Å². The molecule has 1 unspecified atom stereocenters. The van der Waals surface area contributed by atoms with Crippen molar-refractivity contribution in [1.82, 2.24) is 19.7 Å². The Morgan fingerprint density at radius 3 is 3.22 bits per heavy atom. The summed E-state index contributed by atoms with van der Waals surface area (Å²) in [6, 6.07) is 2.09. The van der Waals surface area contributed by atoms with E-state index in [1.165, 1.54) is 10.4 Å². The molecule has 1 atom stereocenters. The Kier molecular flexibility index (Phi) is 3.90. The van der Waals surface area contributed by atoms with Gasteiger partial charge in [-0.25, -0.2) is 0 Å². The molecule has 0 saturated carbocycles. The summed E-state index contributed by atoms with van der Waals surface area (Å²) in [6.07, 6.45) is 2.16. The second kappa shape index (κ2) is 6.05. The summed E-state index contributed by atoms with van der Waals surface area (Å²) < 4.78 is 7.98. The minimum atomic E-state index is -0.0940. The van der Waals surface area contributed by atoms with Gasteiger partial charge in [0.2, 0.25) is 5.91 Å². The predicted octanol–water partition coefficient (Wildman–Crippen LogP) is 1.95.